The van der Waals surface area contributed by atoms with Crippen molar-refractivity contribution in [3.8, 4) is 0 Å². The topological polar surface area (TPSA) is 49.3 Å². The lowest BCUT2D eigenvalue weighted by molar-refractivity contribution is 0.0893. The number of halogens is 2. The highest BCUT2D eigenvalue weighted by Crippen LogP contribution is 2.21. The molecule has 0 bridgehead atoms. The van der Waals surface area contributed by atoms with Crippen molar-refractivity contribution in [2.24, 2.45) is 5.41 Å². The van der Waals surface area contributed by atoms with Gasteiger partial charge in [-0.3, -0.25) is 4.79 Å². The molecule has 0 saturated heterocycles. The maximum atomic E-state index is 13.5. The third-order valence-electron chi connectivity index (χ3n) is 2.59. The van der Waals surface area contributed by atoms with Crippen molar-refractivity contribution in [1.29, 1.82) is 0 Å². The first kappa shape index (κ1) is 15.9. The van der Waals surface area contributed by atoms with Crippen molar-refractivity contribution < 1.29 is 14.3 Å². The van der Waals surface area contributed by atoms with Crippen LogP contribution >= 0.6 is 11.6 Å². The molecule has 0 aliphatic carbocycles. The Labute approximate surface area is 117 Å². The normalized spacial score (nSPS) is 13.2. The second-order valence-corrected chi connectivity index (χ2v) is 6.18. The minimum atomic E-state index is -0.630. The fourth-order valence-corrected chi connectivity index (χ4v) is 2.01. The van der Waals surface area contributed by atoms with Crippen LogP contribution in [0.25, 0.3) is 0 Å². The van der Waals surface area contributed by atoms with Crippen LogP contribution in [-0.2, 0) is 0 Å². The van der Waals surface area contributed by atoms with Crippen LogP contribution in [0.4, 0.5) is 4.39 Å². The van der Waals surface area contributed by atoms with Crippen LogP contribution in [0.2, 0.25) is 5.02 Å². The van der Waals surface area contributed by atoms with Gasteiger partial charge in [-0.1, -0.05) is 32.4 Å². The summed E-state index contributed by atoms with van der Waals surface area (Å²) < 4.78 is 13.5. The van der Waals surface area contributed by atoms with Gasteiger partial charge in [-0.15, -0.1) is 0 Å². The third-order valence-corrected chi connectivity index (χ3v) is 2.82. The van der Waals surface area contributed by atoms with Gasteiger partial charge in [-0.25, -0.2) is 4.39 Å². The summed E-state index contributed by atoms with van der Waals surface area (Å²) in [6, 6.07) is 3.39. The quantitative estimate of drug-likeness (QED) is 0.894. The zero-order valence-electron chi connectivity index (χ0n) is 11.3. The molecule has 1 unspecified atom stereocenters. The molecule has 0 aliphatic heterocycles. The Bertz CT molecular complexity index is 457. The smallest absolute Gasteiger partial charge is 0.254 e. The SMILES string of the molecule is CC(C)(C)CC(CO)NC(=O)c1cc(Cl)ccc1F. The summed E-state index contributed by atoms with van der Waals surface area (Å²) in [6.45, 7) is 5.82. The van der Waals surface area contributed by atoms with E-state index < -0.39 is 17.8 Å². The molecule has 1 rings (SSSR count). The Morgan fingerprint density at radius 3 is 2.63 bits per heavy atom. The highest BCUT2D eigenvalue weighted by molar-refractivity contribution is 6.31. The number of rotatable bonds is 4. The minimum absolute atomic E-state index is 0.0481. The van der Waals surface area contributed by atoms with Gasteiger partial charge in [0.05, 0.1) is 18.2 Å². The van der Waals surface area contributed by atoms with Crippen LogP contribution in [-0.4, -0.2) is 23.7 Å². The van der Waals surface area contributed by atoms with Crippen LogP contribution in [0, 0.1) is 11.2 Å². The number of hydrogen-bond acceptors (Lipinski definition) is 2. The highest BCUT2D eigenvalue weighted by Gasteiger charge is 2.21. The van der Waals surface area contributed by atoms with E-state index in [1.165, 1.54) is 12.1 Å². The van der Waals surface area contributed by atoms with E-state index in [9.17, 15) is 14.3 Å². The number of nitrogens with one attached hydrogen (secondary N) is 1. The summed E-state index contributed by atoms with van der Waals surface area (Å²) in [6.07, 6.45) is 0.595. The number of carbonyl (C=O) groups is 1. The average molecular weight is 288 g/mol. The predicted octanol–water partition coefficient (Wildman–Crippen LogP) is 3.01. The largest absolute Gasteiger partial charge is 0.394 e. The Balaban J connectivity index is 2.80. The standard InChI is InChI=1S/C14H19ClFNO2/c1-14(2,3)7-10(8-18)17-13(19)11-6-9(15)4-5-12(11)16/h4-6,10,18H,7-8H2,1-3H3,(H,17,19). The number of benzene rings is 1. The minimum Gasteiger partial charge on any atom is -0.394 e. The van der Waals surface area contributed by atoms with E-state index in [-0.39, 0.29) is 17.6 Å². The molecule has 1 atom stereocenters. The first-order chi connectivity index (χ1) is 8.73. The summed E-state index contributed by atoms with van der Waals surface area (Å²) in [5, 5.41) is 12.2. The van der Waals surface area contributed by atoms with Gasteiger partial charge < -0.3 is 10.4 Å². The van der Waals surface area contributed by atoms with Gasteiger partial charge in [-0.05, 0) is 30.0 Å². The molecule has 5 heteroatoms. The molecule has 0 radical (unpaired) electrons. The van der Waals surface area contributed by atoms with Crippen LogP contribution < -0.4 is 5.32 Å². The van der Waals surface area contributed by atoms with E-state index in [4.69, 9.17) is 11.6 Å². The monoisotopic (exact) mass is 287 g/mol. The van der Waals surface area contributed by atoms with Gasteiger partial charge in [0.25, 0.3) is 5.91 Å². The molecule has 0 aromatic heterocycles. The molecule has 0 heterocycles. The molecule has 106 valence electrons. The second kappa shape index (κ2) is 6.35. The number of carbonyl (C=O) groups excluding carboxylic acids is 1. The van der Waals surface area contributed by atoms with Crippen molar-refractivity contribution in [2.45, 2.75) is 33.2 Å². The molecule has 1 aromatic carbocycles. The van der Waals surface area contributed by atoms with Crippen molar-refractivity contribution in [1.82, 2.24) is 5.32 Å². The fraction of sp³-hybridized carbons (Fsp3) is 0.500. The molecule has 19 heavy (non-hydrogen) atoms. The molecular formula is C14H19ClFNO2. The summed E-state index contributed by atoms with van der Waals surface area (Å²) in [7, 11) is 0. The summed E-state index contributed by atoms with van der Waals surface area (Å²) in [4.78, 5) is 12.0. The van der Waals surface area contributed by atoms with E-state index in [2.05, 4.69) is 5.32 Å². The lowest BCUT2D eigenvalue weighted by Crippen LogP contribution is -2.40. The molecule has 0 saturated carbocycles. The van der Waals surface area contributed by atoms with Gasteiger partial charge in [0.2, 0.25) is 0 Å². The first-order valence-corrected chi connectivity index (χ1v) is 6.47. The van der Waals surface area contributed by atoms with Crippen LogP contribution in [0.15, 0.2) is 18.2 Å². The Morgan fingerprint density at radius 1 is 1.47 bits per heavy atom. The predicted molar refractivity (Wildman–Crippen MR) is 73.8 cm³/mol. The molecular weight excluding hydrogens is 269 g/mol. The zero-order chi connectivity index (χ0) is 14.6. The van der Waals surface area contributed by atoms with Gasteiger partial charge in [0.15, 0.2) is 0 Å². The van der Waals surface area contributed by atoms with E-state index in [1.807, 2.05) is 20.8 Å². The zero-order valence-corrected chi connectivity index (χ0v) is 12.1. The van der Waals surface area contributed by atoms with Gasteiger partial charge in [0, 0.05) is 5.02 Å². The summed E-state index contributed by atoms with van der Waals surface area (Å²) in [5.41, 5.74) is -0.159. The van der Waals surface area contributed by atoms with E-state index in [0.717, 1.165) is 6.07 Å². The Kier molecular flexibility index (Phi) is 5.32. The Hall–Kier alpha value is -1.13. The molecule has 1 amide bonds. The first-order valence-electron chi connectivity index (χ1n) is 6.10. The lowest BCUT2D eigenvalue weighted by Gasteiger charge is -2.25. The number of aliphatic hydroxyl groups excluding tert-OH is 1. The van der Waals surface area contributed by atoms with Crippen molar-refractivity contribution in [3.05, 3.63) is 34.6 Å². The summed E-state index contributed by atoms with van der Waals surface area (Å²) in [5.74, 6) is -1.20. The van der Waals surface area contributed by atoms with E-state index in [0.29, 0.717) is 11.4 Å². The van der Waals surface area contributed by atoms with E-state index >= 15 is 0 Å². The van der Waals surface area contributed by atoms with Crippen molar-refractivity contribution in [3.63, 3.8) is 0 Å². The molecule has 0 aliphatic rings. The summed E-state index contributed by atoms with van der Waals surface area (Å²) >= 11 is 5.74. The van der Waals surface area contributed by atoms with Gasteiger partial charge in [0.1, 0.15) is 5.82 Å². The van der Waals surface area contributed by atoms with Crippen LogP contribution in [0.3, 0.4) is 0 Å². The van der Waals surface area contributed by atoms with Crippen molar-refractivity contribution in [2.75, 3.05) is 6.61 Å². The molecule has 0 spiro atoms. The number of aliphatic hydroxyl groups is 1. The maximum Gasteiger partial charge on any atom is 0.254 e. The van der Waals surface area contributed by atoms with E-state index in [1.54, 1.807) is 0 Å². The number of hydrogen-bond donors (Lipinski definition) is 2. The molecule has 0 fully saturated rings. The second-order valence-electron chi connectivity index (χ2n) is 5.74. The number of amides is 1. The van der Waals surface area contributed by atoms with Crippen LogP contribution in [0.1, 0.15) is 37.6 Å². The Morgan fingerprint density at radius 2 is 2.11 bits per heavy atom. The average Bonchev–Trinajstić information content (AvgIpc) is 2.29. The molecule has 1 aromatic rings. The van der Waals surface area contributed by atoms with Gasteiger partial charge in [-0.2, -0.15) is 0 Å². The lowest BCUT2D eigenvalue weighted by atomic mass is 9.88. The fourth-order valence-electron chi connectivity index (χ4n) is 1.84. The highest BCUT2D eigenvalue weighted by atomic mass is 35.5. The van der Waals surface area contributed by atoms with Gasteiger partial charge >= 0.3 is 0 Å². The maximum absolute atomic E-state index is 13.5. The molecule has 2 N–H and O–H groups in total. The van der Waals surface area contributed by atoms with Crippen LogP contribution in [0.5, 0.6) is 0 Å². The third kappa shape index (κ3) is 5.17. The van der Waals surface area contributed by atoms with Crippen molar-refractivity contribution >= 4 is 17.5 Å². The molecule has 3 nitrogen and oxygen atoms in total.